The highest BCUT2D eigenvalue weighted by molar-refractivity contribution is 5.84. The maximum Gasteiger partial charge on any atom is 0.161 e. The number of aromatic nitrogens is 3. The van der Waals surface area contributed by atoms with Crippen LogP contribution in [0.25, 0.3) is 16.6 Å². The third-order valence-corrected chi connectivity index (χ3v) is 2.76. The van der Waals surface area contributed by atoms with Gasteiger partial charge in [0, 0.05) is 0 Å². The van der Waals surface area contributed by atoms with E-state index in [4.69, 9.17) is 0 Å². The first-order valence-electron chi connectivity index (χ1n) is 5.10. The SMILES string of the molecule is CCc1cccc2ccc3nncn3c12. The number of hydrogen-bond acceptors (Lipinski definition) is 2. The van der Waals surface area contributed by atoms with Crippen LogP contribution in [-0.4, -0.2) is 14.6 Å². The number of pyridine rings is 1. The Bertz CT molecular complexity index is 625. The lowest BCUT2D eigenvalue weighted by Gasteiger charge is -2.05. The fourth-order valence-corrected chi connectivity index (χ4v) is 2.02. The average molecular weight is 197 g/mol. The second-order valence-electron chi connectivity index (χ2n) is 3.60. The Morgan fingerprint density at radius 3 is 3.00 bits per heavy atom. The van der Waals surface area contributed by atoms with E-state index in [1.165, 1.54) is 16.5 Å². The van der Waals surface area contributed by atoms with Crippen LogP contribution < -0.4 is 0 Å². The summed E-state index contributed by atoms with van der Waals surface area (Å²) in [6.07, 6.45) is 2.80. The summed E-state index contributed by atoms with van der Waals surface area (Å²) in [5.41, 5.74) is 3.46. The van der Waals surface area contributed by atoms with Gasteiger partial charge in [0.1, 0.15) is 6.33 Å². The number of benzene rings is 1. The molecule has 2 aromatic heterocycles. The van der Waals surface area contributed by atoms with Crippen molar-refractivity contribution in [3.63, 3.8) is 0 Å². The number of aryl methyl sites for hydroxylation is 1. The Morgan fingerprint density at radius 2 is 2.13 bits per heavy atom. The van der Waals surface area contributed by atoms with Gasteiger partial charge in [0.25, 0.3) is 0 Å². The highest BCUT2D eigenvalue weighted by atomic mass is 15.2. The zero-order valence-corrected chi connectivity index (χ0v) is 8.51. The van der Waals surface area contributed by atoms with Gasteiger partial charge in [0.15, 0.2) is 5.65 Å². The average Bonchev–Trinajstić information content (AvgIpc) is 2.76. The molecule has 3 aromatic rings. The normalized spacial score (nSPS) is 11.3. The fraction of sp³-hybridized carbons (Fsp3) is 0.167. The van der Waals surface area contributed by atoms with Crippen LogP contribution in [0.2, 0.25) is 0 Å². The Balaban J connectivity index is 2.58. The van der Waals surface area contributed by atoms with Gasteiger partial charge in [-0.1, -0.05) is 25.1 Å². The molecule has 0 fully saturated rings. The molecular weight excluding hydrogens is 186 g/mol. The summed E-state index contributed by atoms with van der Waals surface area (Å²) in [6.45, 7) is 2.16. The van der Waals surface area contributed by atoms with Crippen molar-refractivity contribution in [3.05, 3.63) is 42.2 Å². The molecule has 3 nitrogen and oxygen atoms in total. The van der Waals surface area contributed by atoms with Crippen LogP contribution in [0.1, 0.15) is 12.5 Å². The molecule has 0 atom stereocenters. The first kappa shape index (κ1) is 8.41. The summed E-state index contributed by atoms with van der Waals surface area (Å²) in [5.74, 6) is 0. The van der Waals surface area contributed by atoms with Crippen molar-refractivity contribution in [1.29, 1.82) is 0 Å². The standard InChI is InChI=1S/C12H11N3/c1-2-9-4-3-5-10-6-7-11-14-13-8-15(11)12(9)10/h3-8H,2H2,1H3. The van der Waals surface area contributed by atoms with Crippen LogP contribution in [-0.2, 0) is 6.42 Å². The van der Waals surface area contributed by atoms with Crippen LogP contribution in [0.15, 0.2) is 36.7 Å². The molecule has 0 spiro atoms. The molecule has 0 bridgehead atoms. The third-order valence-electron chi connectivity index (χ3n) is 2.76. The fourth-order valence-electron chi connectivity index (χ4n) is 2.02. The molecule has 15 heavy (non-hydrogen) atoms. The first-order valence-corrected chi connectivity index (χ1v) is 5.10. The Labute approximate surface area is 87.4 Å². The van der Waals surface area contributed by atoms with Gasteiger partial charge in [-0.15, -0.1) is 10.2 Å². The first-order chi connectivity index (χ1) is 7.40. The monoisotopic (exact) mass is 197 g/mol. The van der Waals surface area contributed by atoms with Gasteiger partial charge >= 0.3 is 0 Å². The van der Waals surface area contributed by atoms with Crippen molar-refractivity contribution >= 4 is 16.6 Å². The molecule has 0 saturated heterocycles. The lowest BCUT2D eigenvalue weighted by molar-refractivity contribution is 1.10. The third kappa shape index (κ3) is 1.13. The van der Waals surface area contributed by atoms with E-state index < -0.39 is 0 Å². The van der Waals surface area contributed by atoms with Gasteiger partial charge in [-0.3, -0.25) is 4.40 Å². The molecule has 0 amide bonds. The predicted molar refractivity (Wildman–Crippen MR) is 59.9 cm³/mol. The minimum atomic E-state index is 0.906. The van der Waals surface area contributed by atoms with Crippen molar-refractivity contribution in [2.75, 3.05) is 0 Å². The summed E-state index contributed by atoms with van der Waals surface area (Å²) >= 11 is 0. The van der Waals surface area contributed by atoms with Crippen molar-refractivity contribution in [1.82, 2.24) is 14.6 Å². The van der Waals surface area contributed by atoms with Gasteiger partial charge in [-0.2, -0.15) is 0 Å². The molecule has 0 radical (unpaired) electrons. The Morgan fingerprint density at radius 1 is 1.20 bits per heavy atom. The molecule has 0 aliphatic carbocycles. The lowest BCUT2D eigenvalue weighted by atomic mass is 10.1. The van der Waals surface area contributed by atoms with Gasteiger partial charge < -0.3 is 0 Å². The van der Waals surface area contributed by atoms with Crippen molar-refractivity contribution < 1.29 is 0 Å². The minimum absolute atomic E-state index is 0.906. The lowest BCUT2D eigenvalue weighted by Crippen LogP contribution is -1.92. The molecule has 0 saturated carbocycles. The van der Waals surface area contributed by atoms with Crippen molar-refractivity contribution in [2.24, 2.45) is 0 Å². The number of hydrogen-bond donors (Lipinski definition) is 0. The van der Waals surface area contributed by atoms with E-state index in [0.717, 1.165) is 12.1 Å². The van der Waals surface area contributed by atoms with Crippen LogP contribution in [0.3, 0.4) is 0 Å². The summed E-state index contributed by atoms with van der Waals surface area (Å²) in [7, 11) is 0. The van der Waals surface area contributed by atoms with E-state index in [2.05, 4.69) is 41.4 Å². The summed E-state index contributed by atoms with van der Waals surface area (Å²) in [5, 5.41) is 9.23. The molecule has 2 heterocycles. The molecule has 0 aliphatic heterocycles. The molecular formula is C12H11N3. The zero-order chi connectivity index (χ0) is 10.3. The number of nitrogens with zero attached hydrogens (tertiary/aromatic N) is 3. The molecule has 1 aromatic carbocycles. The van der Waals surface area contributed by atoms with Gasteiger partial charge in [0.2, 0.25) is 0 Å². The number of para-hydroxylation sites is 1. The maximum absolute atomic E-state index is 4.06. The van der Waals surface area contributed by atoms with Crippen LogP contribution in [0, 0.1) is 0 Å². The van der Waals surface area contributed by atoms with Gasteiger partial charge in [-0.05, 0) is 29.5 Å². The van der Waals surface area contributed by atoms with Crippen molar-refractivity contribution in [3.8, 4) is 0 Å². The highest BCUT2D eigenvalue weighted by Gasteiger charge is 2.04. The van der Waals surface area contributed by atoms with E-state index >= 15 is 0 Å². The van der Waals surface area contributed by atoms with Crippen LogP contribution in [0.5, 0.6) is 0 Å². The van der Waals surface area contributed by atoms with Crippen LogP contribution >= 0.6 is 0 Å². The van der Waals surface area contributed by atoms with E-state index in [1.54, 1.807) is 6.33 Å². The quantitative estimate of drug-likeness (QED) is 0.599. The molecule has 3 heteroatoms. The van der Waals surface area contributed by atoms with E-state index in [1.807, 2.05) is 10.5 Å². The largest absolute Gasteiger partial charge is 0.281 e. The summed E-state index contributed by atoms with van der Waals surface area (Å²) < 4.78 is 2.05. The topological polar surface area (TPSA) is 30.2 Å². The predicted octanol–water partition coefficient (Wildman–Crippen LogP) is 2.44. The van der Waals surface area contributed by atoms with Gasteiger partial charge in [0.05, 0.1) is 5.52 Å². The smallest absolute Gasteiger partial charge is 0.161 e. The van der Waals surface area contributed by atoms with E-state index in [0.29, 0.717) is 0 Å². The second kappa shape index (κ2) is 3.05. The van der Waals surface area contributed by atoms with Gasteiger partial charge in [-0.25, -0.2) is 0 Å². The van der Waals surface area contributed by atoms with Crippen molar-refractivity contribution in [2.45, 2.75) is 13.3 Å². The molecule has 0 N–H and O–H groups in total. The maximum atomic E-state index is 4.06. The Kier molecular flexibility index (Phi) is 1.71. The number of rotatable bonds is 1. The molecule has 0 aliphatic rings. The molecule has 0 unspecified atom stereocenters. The molecule has 3 rings (SSSR count). The van der Waals surface area contributed by atoms with Crippen LogP contribution in [0.4, 0.5) is 0 Å². The zero-order valence-electron chi connectivity index (χ0n) is 8.51. The Hall–Kier alpha value is -1.90. The number of fused-ring (bicyclic) bond motifs is 3. The molecule has 74 valence electrons. The second-order valence-corrected chi connectivity index (χ2v) is 3.60. The summed E-state index contributed by atoms with van der Waals surface area (Å²) in [4.78, 5) is 0. The minimum Gasteiger partial charge on any atom is -0.281 e. The summed E-state index contributed by atoms with van der Waals surface area (Å²) in [6, 6.07) is 10.5. The highest BCUT2D eigenvalue weighted by Crippen LogP contribution is 2.20. The van der Waals surface area contributed by atoms with E-state index in [9.17, 15) is 0 Å². The van der Waals surface area contributed by atoms with E-state index in [-0.39, 0.29) is 0 Å².